The Labute approximate surface area is 113 Å². The van der Waals surface area contributed by atoms with Crippen LogP contribution in [0.4, 0.5) is 0 Å². The van der Waals surface area contributed by atoms with E-state index in [9.17, 15) is 5.11 Å². The summed E-state index contributed by atoms with van der Waals surface area (Å²) in [6.45, 7) is 10.6. The molecule has 0 aromatic heterocycles. The maximum atomic E-state index is 9.81. The second-order valence-electron chi connectivity index (χ2n) is 6.10. The number of phenolic OH excluding ortho intramolecular Hbond substituents is 1. The van der Waals surface area contributed by atoms with Crippen LogP contribution in [0.2, 0.25) is 0 Å². The first-order valence-corrected chi connectivity index (χ1v) is 8.55. The SMILES string of the molecule is Cc1cc(C#CS(C)(C)C(C)(C)C)cc(O)c1C. The highest BCUT2D eigenvalue weighted by molar-refractivity contribution is 8.37. The Balaban J connectivity index is 3.15. The lowest BCUT2D eigenvalue weighted by molar-refractivity contribution is 0.470. The molecule has 1 aromatic rings. The van der Waals surface area contributed by atoms with Crippen molar-refractivity contribution in [2.45, 2.75) is 39.4 Å². The van der Waals surface area contributed by atoms with Gasteiger partial charge < -0.3 is 5.11 Å². The molecule has 0 amide bonds. The van der Waals surface area contributed by atoms with E-state index >= 15 is 0 Å². The van der Waals surface area contributed by atoms with Crippen molar-refractivity contribution in [1.29, 1.82) is 0 Å². The van der Waals surface area contributed by atoms with Crippen LogP contribution in [0.3, 0.4) is 0 Å². The summed E-state index contributed by atoms with van der Waals surface area (Å²) in [5.74, 6) is 3.56. The fourth-order valence-electron chi connectivity index (χ4n) is 1.25. The van der Waals surface area contributed by atoms with E-state index in [-0.39, 0.29) is 4.75 Å². The average molecular weight is 264 g/mol. The lowest BCUT2D eigenvalue weighted by Crippen LogP contribution is -2.21. The third-order valence-electron chi connectivity index (χ3n) is 3.62. The molecule has 0 aliphatic heterocycles. The first-order chi connectivity index (χ1) is 8.04. The molecule has 0 aliphatic rings. The van der Waals surface area contributed by atoms with Gasteiger partial charge in [-0.25, -0.2) is 0 Å². The summed E-state index contributed by atoms with van der Waals surface area (Å²) in [6.07, 6.45) is 4.47. The van der Waals surface area contributed by atoms with Gasteiger partial charge in [-0.05, 0) is 54.9 Å². The molecule has 0 spiro atoms. The van der Waals surface area contributed by atoms with Gasteiger partial charge in [-0.3, -0.25) is 0 Å². The minimum atomic E-state index is -0.974. The number of aromatic hydroxyl groups is 1. The molecule has 0 fully saturated rings. The van der Waals surface area contributed by atoms with Crippen molar-refractivity contribution in [3.63, 3.8) is 0 Å². The van der Waals surface area contributed by atoms with Crippen LogP contribution < -0.4 is 0 Å². The third-order valence-corrected chi connectivity index (χ3v) is 7.30. The Hall–Kier alpha value is -1.07. The summed E-state index contributed by atoms with van der Waals surface area (Å²) in [5.41, 5.74) is 2.92. The van der Waals surface area contributed by atoms with E-state index in [1.54, 1.807) is 6.07 Å². The van der Waals surface area contributed by atoms with E-state index in [0.29, 0.717) is 5.75 Å². The van der Waals surface area contributed by atoms with Crippen LogP contribution in [-0.2, 0) is 0 Å². The molecule has 1 nitrogen and oxygen atoms in total. The Kier molecular flexibility index (Phi) is 4.08. The van der Waals surface area contributed by atoms with Gasteiger partial charge in [-0.2, -0.15) is 10.0 Å². The quantitative estimate of drug-likeness (QED) is 0.697. The highest BCUT2D eigenvalue weighted by atomic mass is 32.3. The van der Waals surface area contributed by atoms with Crippen LogP contribution in [0.25, 0.3) is 0 Å². The van der Waals surface area contributed by atoms with Crippen molar-refractivity contribution in [2.75, 3.05) is 12.5 Å². The van der Waals surface area contributed by atoms with Gasteiger partial charge in [0.15, 0.2) is 0 Å². The minimum absolute atomic E-state index is 0.210. The van der Waals surface area contributed by atoms with Crippen molar-refractivity contribution in [3.8, 4) is 16.9 Å². The van der Waals surface area contributed by atoms with E-state index in [4.69, 9.17) is 0 Å². The molecule has 0 saturated carbocycles. The molecular weight excluding hydrogens is 240 g/mol. The average Bonchev–Trinajstić information content (AvgIpc) is 2.21. The molecule has 2 heteroatoms. The Morgan fingerprint density at radius 3 is 2.11 bits per heavy atom. The molecule has 1 aromatic carbocycles. The predicted octanol–water partition coefficient (Wildman–Crippen LogP) is 4.18. The summed E-state index contributed by atoms with van der Waals surface area (Å²) in [5, 5.41) is 13.2. The molecule has 0 bridgehead atoms. The van der Waals surface area contributed by atoms with Gasteiger partial charge in [0, 0.05) is 10.3 Å². The highest BCUT2D eigenvalue weighted by Gasteiger charge is 2.25. The first kappa shape index (κ1) is 15.0. The Morgan fingerprint density at radius 2 is 1.67 bits per heavy atom. The number of benzene rings is 1. The van der Waals surface area contributed by atoms with E-state index < -0.39 is 10.0 Å². The molecule has 0 radical (unpaired) electrons. The lowest BCUT2D eigenvalue weighted by atomic mass is 10.1. The van der Waals surface area contributed by atoms with Crippen molar-refractivity contribution in [1.82, 2.24) is 0 Å². The number of rotatable bonds is 0. The highest BCUT2D eigenvalue weighted by Crippen LogP contribution is 2.51. The van der Waals surface area contributed by atoms with Gasteiger partial charge in [0.1, 0.15) is 5.75 Å². The van der Waals surface area contributed by atoms with E-state index in [2.05, 4.69) is 44.5 Å². The van der Waals surface area contributed by atoms with Gasteiger partial charge in [0.05, 0.1) is 0 Å². The van der Waals surface area contributed by atoms with Crippen molar-refractivity contribution >= 4 is 10.0 Å². The van der Waals surface area contributed by atoms with Crippen LogP contribution in [0.1, 0.15) is 37.5 Å². The molecule has 1 N–H and O–H groups in total. The molecule has 0 saturated heterocycles. The van der Waals surface area contributed by atoms with Crippen LogP contribution in [-0.4, -0.2) is 22.4 Å². The normalized spacial score (nSPS) is 12.8. The topological polar surface area (TPSA) is 20.2 Å². The minimum Gasteiger partial charge on any atom is -0.508 e. The van der Waals surface area contributed by atoms with Crippen molar-refractivity contribution in [2.24, 2.45) is 0 Å². The Morgan fingerprint density at radius 1 is 1.11 bits per heavy atom. The van der Waals surface area contributed by atoms with Crippen molar-refractivity contribution < 1.29 is 5.11 Å². The zero-order valence-corrected chi connectivity index (χ0v) is 13.3. The molecule has 0 aliphatic carbocycles. The van der Waals surface area contributed by atoms with Gasteiger partial charge in [0.25, 0.3) is 0 Å². The van der Waals surface area contributed by atoms with Gasteiger partial charge in [0.2, 0.25) is 0 Å². The fraction of sp³-hybridized carbons (Fsp3) is 0.500. The monoisotopic (exact) mass is 264 g/mol. The molecule has 0 unspecified atom stereocenters. The summed E-state index contributed by atoms with van der Waals surface area (Å²) < 4.78 is 0.210. The first-order valence-electron chi connectivity index (χ1n) is 6.10. The number of phenols is 1. The zero-order valence-electron chi connectivity index (χ0n) is 12.5. The lowest BCUT2D eigenvalue weighted by Gasteiger charge is -2.39. The predicted molar refractivity (Wildman–Crippen MR) is 83.7 cm³/mol. The van der Waals surface area contributed by atoms with Crippen LogP contribution in [0, 0.1) is 25.0 Å². The molecule has 1 rings (SSSR count). The third kappa shape index (κ3) is 3.23. The molecule has 0 heterocycles. The van der Waals surface area contributed by atoms with E-state index in [0.717, 1.165) is 16.7 Å². The second-order valence-corrected chi connectivity index (χ2v) is 10.2. The van der Waals surface area contributed by atoms with Crippen molar-refractivity contribution in [3.05, 3.63) is 28.8 Å². The standard InChI is InChI=1S/C16H24OS/c1-12-10-14(11-15(17)13(12)2)8-9-18(6,7)16(3,4)5/h10-11,17H,1-7H3. The summed E-state index contributed by atoms with van der Waals surface area (Å²) >= 11 is 0. The molecule has 18 heavy (non-hydrogen) atoms. The zero-order chi connectivity index (χ0) is 14.1. The summed E-state index contributed by atoms with van der Waals surface area (Å²) in [6, 6.07) is 3.80. The van der Waals surface area contributed by atoms with Crippen LogP contribution >= 0.6 is 10.0 Å². The molecule has 100 valence electrons. The summed E-state index contributed by atoms with van der Waals surface area (Å²) in [4.78, 5) is 0. The maximum Gasteiger partial charge on any atom is 0.119 e. The fourth-order valence-corrected chi connectivity index (χ4v) is 1.93. The van der Waals surface area contributed by atoms with Crippen LogP contribution in [0.5, 0.6) is 5.75 Å². The van der Waals surface area contributed by atoms with Gasteiger partial charge in [-0.15, -0.1) is 0 Å². The Bertz CT molecular complexity index is 487. The maximum absolute atomic E-state index is 9.81. The molecular formula is C16H24OS. The van der Waals surface area contributed by atoms with Crippen LogP contribution in [0.15, 0.2) is 12.1 Å². The van der Waals surface area contributed by atoms with Gasteiger partial charge in [-0.1, -0.05) is 26.7 Å². The largest absolute Gasteiger partial charge is 0.508 e. The van der Waals surface area contributed by atoms with E-state index in [1.165, 1.54) is 0 Å². The number of hydrogen-bond acceptors (Lipinski definition) is 1. The summed E-state index contributed by atoms with van der Waals surface area (Å²) in [7, 11) is -0.974. The smallest absolute Gasteiger partial charge is 0.119 e. The number of aryl methyl sites for hydroxylation is 1. The van der Waals surface area contributed by atoms with Gasteiger partial charge >= 0.3 is 0 Å². The second kappa shape index (κ2) is 4.90. The molecule has 0 atom stereocenters. The van der Waals surface area contributed by atoms with E-state index in [1.807, 2.05) is 19.9 Å². The number of hydrogen-bond donors (Lipinski definition) is 1.